The summed E-state index contributed by atoms with van der Waals surface area (Å²) in [6, 6.07) is 6.97. The number of carbonyl (C=O) groups excluding carboxylic acids is 1. The summed E-state index contributed by atoms with van der Waals surface area (Å²) in [6.07, 6.45) is -0.615. The maximum atomic E-state index is 13.4. The zero-order chi connectivity index (χ0) is 18.2. The number of anilines is 1. The highest BCUT2D eigenvalue weighted by Crippen LogP contribution is 2.30. The lowest BCUT2D eigenvalue weighted by Gasteiger charge is -2.19. The fourth-order valence-electron chi connectivity index (χ4n) is 2.05. The van der Waals surface area contributed by atoms with Gasteiger partial charge in [-0.15, -0.1) is 11.3 Å². The van der Waals surface area contributed by atoms with Crippen molar-refractivity contribution >= 4 is 33.6 Å². The Morgan fingerprint density at radius 2 is 1.88 bits per heavy atom. The zero-order valence-corrected chi connectivity index (χ0v) is 14.6. The number of benzene rings is 1. The number of halogens is 2. The summed E-state index contributed by atoms with van der Waals surface area (Å²) < 4.78 is 32.4. The van der Waals surface area contributed by atoms with E-state index in [0.717, 1.165) is 16.8 Å². The molecule has 25 heavy (non-hydrogen) atoms. The van der Waals surface area contributed by atoms with E-state index in [0.29, 0.717) is 22.0 Å². The van der Waals surface area contributed by atoms with Crippen molar-refractivity contribution in [2.75, 3.05) is 5.32 Å². The average molecular weight is 363 g/mol. The molecule has 0 saturated carbocycles. The van der Waals surface area contributed by atoms with Gasteiger partial charge in [-0.1, -0.05) is 0 Å². The topological polar surface area (TPSA) is 64.1 Å². The number of nitrogens with one attached hydrogen (secondary N) is 1. The van der Waals surface area contributed by atoms with Crippen LogP contribution in [-0.4, -0.2) is 21.7 Å². The van der Waals surface area contributed by atoms with Gasteiger partial charge < -0.3 is 4.74 Å². The van der Waals surface area contributed by atoms with E-state index in [-0.39, 0.29) is 0 Å². The van der Waals surface area contributed by atoms with Crippen LogP contribution in [0.25, 0.3) is 20.9 Å². The molecule has 0 spiro atoms. The van der Waals surface area contributed by atoms with Crippen molar-refractivity contribution in [3.63, 3.8) is 0 Å². The summed E-state index contributed by atoms with van der Waals surface area (Å²) >= 11 is 1.30. The Morgan fingerprint density at radius 1 is 1.12 bits per heavy atom. The molecule has 0 saturated heterocycles. The van der Waals surface area contributed by atoms with Crippen molar-refractivity contribution in [1.82, 2.24) is 9.97 Å². The third kappa shape index (κ3) is 4.08. The highest BCUT2D eigenvalue weighted by Gasteiger charge is 2.17. The normalized spacial score (nSPS) is 11.6. The van der Waals surface area contributed by atoms with Crippen LogP contribution in [0.4, 0.5) is 19.4 Å². The molecule has 5 nitrogen and oxygen atoms in total. The predicted octanol–water partition coefficient (Wildman–Crippen LogP) is 4.98. The fourth-order valence-corrected chi connectivity index (χ4v) is 2.95. The van der Waals surface area contributed by atoms with Crippen LogP contribution in [0.5, 0.6) is 0 Å². The number of thiazole rings is 1. The Morgan fingerprint density at radius 3 is 2.56 bits per heavy atom. The molecule has 0 aliphatic heterocycles. The van der Waals surface area contributed by atoms with Gasteiger partial charge in [0.25, 0.3) is 0 Å². The first-order valence-electron chi connectivity index (χ1n) is 7.44. The Bertz CT molecular complexity index is 951. The van der Waals surface area contributed by atoms with Gasteiger partial charge in [-0.3, -0.25) is 5.32 Å². The minimum atomic E-state index is -0.933. The SMILES string of the molecule is CC(C)(C)OC(=O)Nc1ccc2sc(-c3ccc(F)c(F)c3)nc2n1. The molecule has 0 bridgehead atoms. The van der Waals surface area contributed by atoms with E-state index in [1.165, 1.54) is 17.4 Å². The van der Waals surface area contributed by atoms with E-state index in [2.05, 4.69) is 15.3 Å². The number of aromatic nitrogens is 2. The van der Waals surface area contributed by atoms with Crippen LogP contribution in [0, 0.1) is 11.6 Å². The van der Waals surface area contributed by atoms with E-state index >= 15 is 0 Å². The second kappa shape index (κ2) is 6.36. The van der Waals surface area contributed by atoms with Gasteiger partial charge in [-0.25, -0.2) is 23.5 Å². The third-order valence-corrected chi connectivity index (χ3v) is 4.11. The van der Waals surface area contributed by atoms with Gasteiger partial charge in [-0.2, -0.15) is 0 Å². The van der Waals surface area contributed by atoms with Crippen molar-refractivity contribution in [3.8, 4) is 10.6 Å². The minimum Gasteiger partial charge on any atom is -0.444 e. The maximum absolute atomic E-state index is 13.4. The van der Waals surface area contributed by atoms with Crippen LogP contribution in [0.2, 0.25) is 0 Å². The van der Waals surface area contributed by atoms with Crippen LogP contribution in [-0.2, 0) is 4.74 Å². The van der Waals surface area contributed by atoms with Crippen molar-refractivity contribution < 1.29 is 18.3 Å². The summed E-state index contributed by atoms with van der Waals surface area (Å²) in [5.74, 6) is -1.55. The van der Waals surface area contributed by atoms with Gasteiger partial charge in [0.15, 0.2) is 17.3 Å². The first kappa shape index (κ1) is 17.2. The van der Waals surface area contributed by atoms with E-state index < -0.39 is 23.3 Å². The van der Waals surface area contributed by atoms with Crippen LogP contribution < -0.4 is 5.32 Å². The number of ether oxygens (including phenoxy) is 1. The Hall–Kier alpha value is -2.61. The summed E-state index contributed by atoms with van der Waals surface area (Å²) in [4.78, 5) is 20.4. The molecule has 1 N–H and O–H groups in total. The third-order valence-electron chi connectivity index (χ3n) is 3.05. The largest absolute Gasteiger partial charge is 0.444 e. The predicted molar refractivity (Wildman–Crippen MR) is 92.6 cm³/mol. The lowest BCUT2D eigenvalue weighted by Crippen LogP contribution is -2.27. The summed E-state index contributed by atoms with van der Waals surface area (Å²) in [7, 11) is 0. The molecule has 2 heterocycles. The van der Waals surface area contributed by atoms with E-state index in [9.17, 15) is 13.6 Å². The Kier molecular flexibility index (Phi) is 4.38. The van der Waals surface area contributed by atoms with E-state index in [1.54, 1.807) is 32.9 Å². The number of hydrogen-bond acceptors (Lipinski definition) is 5. The molecule has 1 aromatic carbocycles. The molecular weight excluding hydrogens is 348 g/mol. The number of rotatable bonds is 2. The summed E-state index contributed by atoms with van der Waals surface area (Å²) in [5, 5.41) is 3.05. The molecule has 2 aromatic heterocycles. The molecular formula is C17H15F2N3O2S. The number of nitrogens with zero attached hydrogens (tertiary/aromatic N) is 2. The Labute approximate surface area is 146 Å². The molecule has 0 atom stereocenters. The van der Waals surface area contributed by atoms with Crippen LogP contribution in [0.3, 0.4) is 0 Å². The fraction of sp³-hybridized carbons (Fsp3) is 0.235. The number of hydrogen-bond donors (Lipinski definition) is 1. The van der Waals surface area contributed by atoms with Crippen molar-refractivity contribution in [3.05, 3.63) is 42.0 Å². The van der Waals surface area contributed by atoms with Crippen LogP contribution in [0.1, 0.15) is 20.8 Å². The molecule has 130 valence electrons. The van der Waals surface area contributed by atoms with Gasteiger partial charge >= 0.3 is 6.09 Å². The van der Waals surface area contributed by atoms with Crippen molar-refractivity contribution in [2.45, 2.75) is 26.4 Å². The average Bonchev–Trinajstić information content (AvgIpc) is 2.91. The lowest BCUT2D eigenvalue weighted by molar-refractivity contribution is 0.0635. The molecule has 0 aliphatic carbocycles. The number of pyridine rings is 1. The van der Waals surface area contributed by atoms with Gasteiger partial charge in [0, 0.05) is 5.56 Å². The van der Waals surface area contributed by atoms with Gasteiger partial charge in [0.1, 0.15) is 16.4 Å². The first-order valence-corrected chi connectivity index (χ1v) is 8.26. The van der Waals surface area contributed by atoms with Crippen LogP contribution in [0.15, 0.2) is 30.3 Å². The second-order valence-electron chi connectivity index (χ2n) is 6.29. The monoisotopic (exact) mass is 363 g/mol. The zero-order valence-electron chi connectivity index (χ0n) is 13.8. The van der Waals surface area contributed by atoms with E-state index in [1.807, 2.05) is 0 Å². The highest BCUT2D eigenvalue weighted by atomic mass is 32.1. The van der Waals surface area contributed by atoms with Gasteiger partial charge in [0.2, 0.25) is 0 Å². The first-order chi connectivity index (χ1) is 11.7. The second-order valence-corrected chi connectivity index (χ2v) is 7.32. The molecule has 0 fully saturated rings. The number of fused-ring (bicyclic) bond motifs is 1. The van der Waals surface area contributed by atoms with Crippen LogP contribution >= 0.6 is 11.3 Å². The molecule has 0 aliphatic rings. The summed E-state index contributed by atoms with van der Waals surface area (Å²) in [6.45, 7) is 5.28. The molecule has 0 radical (unpaired) electrons. The van der Waals surface area contributed by atoms with Crippen molar-refractivity contribution in [2.24, 2.45) is 0 Å². The number of amides is 1. The minimum absolute atomic E-state index is 0.295. The van der Waals surface area contributed by atoms with Gasteiger partial charge in [0.05, 0.1) is 4.70 Å². The molecule has 1 amide bonds. The molecule has 3 rings (SSSR count). The smallest absolute Gasteiger partial charge is 0.413 e. The van der Waals surface area contributed by atoms with Gasteiger partial charge in [-0.05, 0) is 51.1 Å². The quantitative estimate of drug-likeness (QED) is 0.697. The standard InChI is InChI=1S/C17H15F2N3O2S/c1-17(2,3)24-16(23)21-13-7-6-12-14(20-13)22-15(25-12)9-4-5-10(18)11(19)8-9/h4-8H,1-3H3,(H,20,21,23). The number of carbonyl (C=O) groups is 1. The van der Waals surface area contributed by atoms with Crippen molar-refractivity contribution in [1.29, 1.82) is 0 Å². The molecule has 8 heteroatoms. The molecule has 0 unspecified atom stereocenters. The molecule has 3 aromatic rings. The lowest BCUT2D eigenvalue weighted by atomic mass is 10.2. The maximum Gasteiger partial charge on any atom is 0.413 e. The Balaban J connectivity index is 1.86. The highest BCUT2D eigenvalue weighted by molar-refractivity contribution is 7.21. The summed E-state index contributed by atoms with van der Waals surface area (Å²) in [5.41, 5.74) is 0.246. The van der Waals surface area contributed by atoms with E-state index in [4.69, 9.17) is 4.74 Å².